The summed E-state index contributed by atoms with van der Waals surface area (Å²) in [6.07, 6.45) is 6.04. The van der Waals surface area contributed by atoms with Crippen LogP contribution in [-0.2, 0) is 9.53 Å². The van der Waals surface area contributed by atoms with Gasteiger partial charge in [0.2, 0.25) is 5.91 Å². The van der Waals surface area contributed by atoms with Gasteiger partial charge in [0.15, 0.2) is 0 Å². The first kappa shape index (κ1) is 12.8. The minimum atomic E-state index is 0.154. The van der Waals surface area contributed by atoms with Crippen LogP contribution in [0.4, 0.5) is 0 Å². The Morgan fingerprint density at radius 2 is 1.82 bits per heavy atom. The second kappa shape index (κ2) is 6.36. The topological polar surface area (TPSA) is 53.3 Å². The summed E-state index contributed by atoms with van der Waals surface area (Å²) in [5, 5.41) is 0. The highest BCUT2D eigenvalue weighted by atomic mass is 16.5. The van der Waals surface area contributed by atoms with Crippen molar-refractivity contribution in [1.82, 2.24) is 10.6 Å². The lowest BCUT2D eigenvalue weighted by molar-refractivity contribution is -0.135. The van der Waals surface area contributed by atoms with Crippen LogP contribution in [0.25, 0.3) is 0 Å². The van der Waals surface area contributed by atoms with Crippen molar-refractivity contribution in [2.75, 3.05) is 26.3 Å². The van der Waals surface area contributed by atoms with Gasteiger partial charge in [-0.2, -0.15) is 0 Å². The van der Waals surface area contributed by atoms with E-state index in [1.807, 2.05) is 4.90 Å². The van der Waals surface area contributed by atoms with Crippen molar-refractivity contribution in [3.05, 3.63) is 0 Å². The maximum Gasteiger partial charge on any atom is 0.222 e. The maximum atomic E-state index is 11.9. The predicted molar refractivity (Wildman–Crippen MR) is 65.5 cm³/mol. The third-order valence-electron chi connectivity index (χ3n) is 3.98. The Balaban J connectivity index is 1.65. The summed E-state index contributed by atoms with van der Waals surface area (Å²) < 4.78 is 5.24. The Labute approximate surface area is 103 Å². The molecule has 1 saturated carbocycles. The van der Waals surface area contributed by atoms with Crippen molar-refractivity contribution in [2.24, 2.45) is 5.92 Å². The highest BCUT2D eigenvalue weighted by molar-refractivity contribution is 5.76. The van der Waals surface area contributed by atoms with Gasteiger partial charge in [-0.3, -0.25) is 10.5 Å². The molecule has 97 valence electrons. The van der Waals surface area contributed by atoms with Crippen LogP contribution in [0, 0.1) is 5.92 Å². The fraction of sp³-hybridized carbons (Fsp3) is 0.923. The molecule has 2 fully saturated rings. The molecule has 1 amide bonds. The van der Waals surface area contributed by atoms with Crippen LogP contribution in [0.5, 0.6) is 0 Å². The summed E-state index contributed by atoms with van der Waals surface area (Å²) in [6.45, 7) is 2.90. The molecule has 0 aromatic heterocycles. The van der Waals surface area contributed by atoms with Crippen LogP contribution in [0.15, 0.2) is 0 Å². The van der Waals surface area contributed by atoms with E-state index in [1.54, 1.807) is 0 Å². The van der Waals surface area contributed by atoms with Crippen molar-refractivity contribution in [3.63, 3.8) is 0 Å². The van der Waals surface area contributed by atoms with E-state index in [0.717, 1.165) is 45.2 Å². The van der Waals surface area contributed by atoms with Gasteiger partial charge in [0.1, 0.15) is 0 Å². The number of ether oxygens (including phenoxy) is 1. The van der Waals surface area contributed by atoms with E-state index in [9.17, 15) is 4.79 Å². The van der Waals surface area contributed by atoms with Crippen LogP contribution >= 0.6 is 0 Å². The number of rotatable bonds is 3. The molecule has 0 aromatic rings. The highest BCUT2D eigenvalue weighted by Gasteiger charge is 2.21. The Morgan fingerprint density at radius 3 is 2.47 bits per heavy atom. The van der Waals surface area contributed by atoms with E-state index < -0.39 is 0 Å². The molecule has 0 aromatic carbocycles. The van der Waals surface area contributed by atoms with Gasteiger partial charge in [-0.25, -0.2) is 0 Å². The van der Waals surface area contributed by atoms with E-state index in [2.05, 4.69) is 0 Å². The van der Waals surface area contributed by atoms with E-state index in [1.165, 1.54) is 0 Å². The van der Waals surface area contributed by atoms with Gasteiger partial charge in [-0.15, -0.1) is 0 Å². The third kappa shape index (κ3) is 3.96. The molecular weight excluding hydrogens is 216 g/mol. The number of carbonyl (C=O) groups excluding carboxylic acids is 1. The van der Waals surface area contributed by atoms with Crippen molar-refractivity contribution >= 4 is 5.91 Å². The molecule has 1 radical (unpaired) electrons. The summed E-state index contributed by atoms with van der Waals surface area (Å²) in [5.74, 6) is 0.975. The largest absolute Gasteiger partial charge is 0.378 e. The van der Waals surface area contributed by atoms with Crippen LogP contribution in [-0.4, -0.2) is 43.2 Å². The summed E-state index contributed by atoms with van der Waals surface area (Å²) in [7, 11) is 0. The quantitative estimate of drug-likeness (QED) is 0.749. The van der Waals surface area contributed by atoms with Gasteiger partial charge in [-0.05, 0) is 38.0 Å². The van der Waals surface area contributed by atoms with E-state index in [4.69, 9.17) is 10.5 Å². The number of hydrogen-bond donors (Lipinski definition) is 0. The Kier molecular flexibility index (Phi) is 4.80. The maximum absolute atomic E-state index is 11.9. The molecule has 1 aliphatic heterocycles. The van der Waals surface area contributed by atoms with E-state index in [-0.39, 0.29) is 6.04 Å². The Hall–Kier alpha value is -0.610. The summed E-state index contributed by atoms with van der Waals surface area (Å²) >= 11 is 0. The predicted octanol–water partition coefficient (Wildman–Crippen LogP) is 1.47. The molecule has 1 aliphatic carbocycles. The van der Waals surface area contributed by atoms with Gasteiger partial charge in [0.25, 0.3) is 0 Å². The zero-order chi connectivity index (χ0) is 12.1. The summed E-state index contributed by atoms with van der Waals surface area (Å²) in [4.78, 5) is 13.9. The molecule has 0 atom stereocenters. The first-order chi connectivity index (χ1) is 8.25. The monoisotopic (exact) mass is 239 g/mol. The first-order valence-corrected chi connectivity index (χ1v) is 6.82. The Morgan fingerprint density at radius 1 is 1.18 bits per heavy atom. The zero-order valence-corrected chi connectivity index (χ0v) is 10.5. The fourth-order valence-corrected chi connectivity index (χ4v) is 2.75. The fourth-order valence-electron chi connectivity index (χ4n) is 2.75. The van der Waals surface area contributed by atoms with Crippen LogP contribution in [0.3, 0.4) is 0 Å². The average Bonchev–Trinajstić information content (AvgIpc) is 2.39. The van der Waals surface area contributed by atoms with Gasteiger partial charge in [0, 0.05) is 25.6 Å². The number of hydrogen-bond acceptors (Lipinski definition) is 2. The minimum absolute atomic E-state index is 0.154. The standard InChI is InChI=1S/C13H23N2O2/c14-12-4-1-11(2-5-12)3-6-13(16)15-7-9-17-10-8-15/h11-12,14H,1-10H2/t11-,12-. The number of nitrogens with zero attached hydrogens (tertiary/aromatic N) is 1. The molecule has 4 nitrogen and oxygen atoms in total. The molecule has 2 aliphatic rings. The van der Waals surface area contributed by atoms with Gasteiger partial charge in [0.05, 0.1) is 13.2 Å². The average molecular weight is 239 g/mol. The lowest BCUT2D eigenvalue weighted by atomic mass is 9.84. The number of morpholine rings is 1. The molecule has 1 saturated heterocycles. The zero-order valence-electron chi connectivity index (χ0n) is 10.5. The minimum Gasteiger partial charge on any atom is -0.378 e. The highest BCUT2D eigenvalue weighted by Crippen LogP contribution is 2.27. The van der Waals surface area contributed by atoms with Gasteiger partial charge >= 0.3 is 0 Å². The van der Waals surface area contributed by atoms with Crippen molar-refractivity contribution in [2.45, 2.75) is 44.6 Å². The lowest BCUT2D eigenvalue weighted by Crippen LogP contribution is -2.40. The van der Waals surface area contributed by atoms with Gasteiger partial charge < -0.3 is 9.64 Å². The molecule has 0 unspecified atom stereocenters. The number of amides is 1. The molecule has 0 spiro atoms. The normalized spacial score (nSPS) is 30.3. The van der Waals surface area contributed by atoms with E-state index >= 15 is 0 Å². The molecular formula is C13H23N2O2. The summed E-state index contributed by atoms with van der Waals surface area (Å²) in [6, 6.07) is 0.154. The first-order valence-electron chi connectivity index (χ1n) is 6.82. The molecule has 1 heterocycles. The SMILES string of the molecule is [NH][C@H]1CC[C@H](CCC(=O)N2CCOCC2)CC1. The molecule has 2 rings (SSSR count). The smallest absolute Gasteiger partial charge is 0.222 e. The number of nitrogens with one attached hydrogen (secondary N) is 1. The van der Waals surface area contributed by atoms with Gasteiger partial charge in [-0.1, -0.05) is 0 Å². The summed E-state index contributed by atoms with van der Waals surface area (Å²) in [5.41, 5.74) is 7.65. The number of carbonyl (C=O) groups is 1. The molecule has 4 heteroatoms. The lowest BCUT2D eigenvalue weighted by Gasteiger charge is -2.29. The van der Waals surface area contributed by atoms with Crippen molar-refractivity contribution < 1.29 is 9.53 Å². The molecule has 0 bridgehead atoms. The Bertz CT molecular complexity index is 244. The molecule has 1 N–H and O–H groups in total. The van der Waals surface area contributed by atoms with Crippen LogP contribution in [0.1, 0.15) is 38.5 Å². The van der Waals surface area contributed by atoms with Crippen molar-refractivity contribution in [3.8, 4) is 0 Å². The van der Waals surface area contributed by atoms with Crippen molar-refractivity contribution in [1.29, 1.82) is 0 Å². The second-order valence-electron chi connectivity index (χ2n) is 5.25. The van der Waals surface area contributed by atoms with Crippen LogP contribution in [0.2, 0.25) is 0 Å². The molecule has 17 heavy (non-hydrogen) atoms. The second-order valence-corrected chi connectivity index (χ2v) is 5.25. The third-order valence-corrected chi connectivity index (χ3v) is 3.98. The van der Waals surface area contributed by atoms with E-state index in [0.29, 0.717) is 31.5 Å². The van der Waals surface area contributed by atoms with Crippen LogP contribution < -0.4 is 5.73 Å².